The van der Waals surface area contributed by atoms with Crippen molar-refractivity contribution < 1.29 is 14.4 Å². The van der Waals surface area contributed by atoms with E-state index in [2.05, 4.69) is 21.0 Å². The molecule has 0 unspecified atom stereocenters. The van der Waals surface area contributed by atoms with Gasteiger partial charge in [0.15, 0.2) is 5.65 Å². The first-order valence-electron chi connectivity index (χ1n) is 13.0. The van der Waals surface area contributed by atoms with Crippen LogP contribution >= 0.6 is 0 Å². The number of hydrogen-bond acceptors (Lipinski definition) is 7. The van der Waals surface area contributed by atoms with Gasteiger partial charge in [0.25, 0.3) is 5.91 Å². The fraction of sp³-hybridized carbons (Fsp3) is 0.577. The number of fused-ring (bicyclic) bond motifs is 1. The highest BCUT2D eigenvalue weighted by molar-refractivity contribution is 6.15. The second-order valence-electron chi connectivity index (χ2n) is 10.8. The van der Waals surface area contributed by atoms with Crippen molar-refractivity contribution in [2.45, 2.75) is 82.7 Å². The van der Waals surface area contributed by atoms with Crippen LogP contribution in [-0.4, -0.2) is 44.3 Å². The Balaban J connectivity index is 1.17. The van der Waals surface area contributed by atoms with Crippen LogP contribution in [-0.2, 0) is 14.4 Å². The number of carbonyl (C=O) groups excluding carboxylic acids is 3. The molecular formula is C26H32N6O3. The summed E-state index contributed by atoms with van der Waals surface area (Å²) in [6.45, 7) is 0. The summed E-state index contributed by atoms with van der Waals surface area (Å²) in [6, 6.07) is 2.77. The quantitative estimate of drug-likeness (QED) is 0.375. The van der Waals surface area contributed by atoms with Gasteiger partial charge < -0.3 is 10.6 Å². The third-order valence-electron chi connectivity index (χ3n) is 7.58. The summed E-state index contributed by atoms with van der Waals surface area (Å²) in [5.41, 5.74) is 1.79. The van der Waals surface area contributed by atoms with Crippen LogP contribution < -0.4 is 16.0 Å². The summed E-state index contributed by atoms with van der Waals surface area (Å²) in [5, 5.41) is 14.0. The molecule has 3 saturated carbocycles. The molecule has 3 N–H and O–H groups in total. The molecule has 1 saturated heterocycles. The molecule has 0 spiro atoms. The lowest BCUT2D eigenvalue weighted by atomic mass is 9.82. The topological polar surface area (TPSA) is 117 Å². The number of amides is 2. The number of anilines is 2. The summed E-state index contributed by atoms with van der Waals surface area (Å²) >= 11 is 0. The van der Waals surface area contributed by atoms with E-state index in [1.165, 1.54) is 12.8 Å². The van der Waals surface area contributed by atoms with E-state index in [4.69, 9.17) is 4.98 Å². The van der Waals surface area contributed by atoms with Crippen molar-refractivity contribution in [3.63, 3.8) is 0 Å². The molecule has 6 rings (SSSR count). The Labute approximate surface area is 204 Å². The molecule has 4 aliphatic rings. The number of hydrogen-bond donors (Lipinski definition) is 3. The van der Waals surface area contributed by atoms with Crippen molar-refractivity contribution in [1.29, 1.82) is 0 Å². The smallest absolute Gasteiger partial charge is 0.254 e. The lowest BCUT2D eigenvalue weighted by Crippen LogP contribution is -2.27. The first-order chi connectivity index (χ1) is 17.0. The molecule has 9 nitrogen and oxygen atoms in total. The van der Waals surface area contributed by atoms with E-state index in [-0.39, 0.29) is 18.2 Å². The van der Waals surface area contributed by atoms with Gasteiger partial charge >= 0.3 is 0 Å². The summed E-state index contributed by atoms with van der Waals surface area (Å²) in [4.78, 5) is 40.8. The fourth-order valence-electron chi connectivity index (χ4n) is 5.27. The van der Waals surface area contributed by atoms with Crippen molar-refractivity contribution >= 4 is 41.0 Å². The van der Waals surface area contributed by atoms with Crippen LogP contribution in [0.15, 0.2) is 17.8 Å². The minimum atomic E-state index is -0.354. The van der Waals surface area contributed by atoms with Gasteiger partial charge in [-0.05, 0) is 69.3 Å². The number of imide groups is 1. The Morgan fingerprint density at radius 1 is 1.00 bits per heavy atom. The first kappa shape index (κ1) is 22.2. The monoisotopic (exact) mass is 476 g/mol. The Hall–Kier alpha value is -3.23. The van der Waals surface area contributed by atoms with Crippen LogP contribution in [0.5, 0.6) is 0 Å². The minimum absolute atomic E-state index is 0.0771. The zero-order valence-electron chi connectivity index (χ0n) is 19.9. The molecule has 3 aliphatic carbocycles. The molecule has 9 heteroatoms. The molecule has 4 fully saturated rings. The van der Waals surface area contributed by atoms with Gasteiger partial charge in [-0.15, -0.1) is 0 Å². The molecule has 1 aliphatic heterocycles. The van der Waals surface area contributed by atoms with Crippen LogP contribution in [0.1, 0.15) is 76.2 Å². The Morgan fingerprint density at radius 2 is 1.66 bits per heavy atom. The normalized spacial score (nSPS) is 25.8. The molecule has 0 atom stereocenters. The van der Waals surface area contributed by atoms with Crippen molar-refractivity contribution in [2.24, 2.45) is 11.8 Å². The van der Waals surface area contributed by atoms with Crippen molar-refractivity contribution in [3.8, 4) is 0 Å². The lowest BCUT2D eigenvalue weighted by Gasteiger charge is -2.29. The highest BCUT2D eigenvalue weighted by atomic mass is 16.2. The average molecular weight is 477 g/mol. The SMILES string of the molecule is O=C(CC1CC1)CC1CCC(Nc2cc(NC3CC3)n3ncc(/C=C4\CC(=O)NC4=O)c3n2)CC1. The molecule has 2 aromatic rings. The van der Waals surface area contributed by atoms with Crippen LogP contribution in [0.4, 0.5) is 11.6 Å². The molecule has 0 radical (unpaired) electrons. The van der Waals surface area contributed by atoms with Gasteiger partial charge in [-0.3, -0.25) is 19.7 Å². The molecule has 35 heavy (non-hydrogen) atoms. The van der Waals surface area contributed by atoms with Gasteiger partial charge in [0.2, 0.25) is 5.91 Å². The molecule has 2 aromatic heterocycles. The second-order valence-corrected chi connectivity index (χ2v) is 10.8. The standard InChI is InChI=1S/C26H32N6O3/c33-21(9-15-1-2-15)10-16-3-5-19(6-4-16)28-22-13-23(29-20-7-8-20)32-25(30-22)18(14-27-32)11-17-12-24(34)31-26(17)35/h11,13-16,19-20,29H,1-10,12H2,(H,28,30)(H,31,34,35)/b17-11+. The average Bonchev–Trinajstić information content (AvgIpc) is 3.74. The molecule has 2 amide bonds. The van der Waals surface area contributed by atoms with E-state index < -0.39 is 0 Å². The minimum Gasteiger partial charge on any atom is -0.367 e. The Kier molecular flexibility index (Phi) is 5.78. The van der Waals surface area contributed by atoms with Gasteiger partial charge in [-0.1, -0.05) is 0 Å². The van der Waals surface area contributed by atoms with Gasteiger partial charge in [0.1, 0.15) is 17.4 Å². The maximum atomic E-state index is 12.3. The largest absolute Gasteiger partial charge is 0.367 e. The van der Waals surface area contributed by atoms with Gasteiger partial charge in [0.05, 0.1) is 12.6 Å². The van der Waals surface area contributed by atoms with E-state index in [0.29, 0.717) is 46.5 Å². The fourth-order valence-corrected chi connectivity index (χ4v) is 5.27. The number of nitrogens with one attached hydrogen (secondary N) is 3. The maximum Gasteiger partial charge on any atom is 0.254 e. The van der Waals surface area contributed by atoms with E-state index in [9.17, 15) is 14.4 Å². The molecule has 0 bridgehead atoms. The highest BCUT2D eigenvalue weighted by Crippen LogP contribution is 2.35. The molecule has 3 heterocycles. The zero-order valence-corrected chi connectivity index (χ0v) is 19.9. The second kappa shape index (κ2) is 9.09. The van der Waals surface area contributed by atoms with Gasteiger partial charge in [-0.25, -0.2) is 4.98 Å². The number of nitrogens with zero attached hydrogens (tertiary/aromatic N) is 3. The summed E-state index contributed by atoms with van der Waals surface area (Å²) in [6.07, 6.45) is 13.9. The van der Waals surface area contributed by atoms with Crippen LogP contribution in [0.3, 0.4) is 0 Å². The van der Waals surface area contributed by atoms with E-state index in [0.717, 1.165) is 63.0 Å². The van der Waals surface area contributed by atoms with Crippen LogP contribution in [0, 0.1) is 11.8 Å². The maximum absolute atomic E-state index is 12.3. The number of rotatable bonds is 9. The van der Waals surface area contributed by atoms with Gasteiger partial charge in [-0.2, -0.15) is 9.61 Å². The van der Waals surface area contributed by atoms with E-state index >= 15 is 0 Å². The third-order valence-corrected chi connectivity index (χ3v) is 7.58. The number of Topliss-reactive ketones (excluding diaryl/α,β-unsaturated/α-hetero) is 1. The predicted molar refractivity (Wildman–Crippen MR) is 132 cm³/mol. The lowest BCUT2D eigenvalue weighted by molar-refractivity contribution is -0.124. The predicted octanol–water partition coefficient (Wildman–Crippen LogP) is 3.46. The Morgan fingerprint density at radius 3 is 2.29 bits per heavy atom. The number of carbonyl (C=O) groups is 3. The first-order valence-corrected chi connectivity index (χ1v) is 13.0. The number of ketones is 1. The Bertz CT molecular complexity index is 1200. The van der Waals surface area contributed by atoms with E-state index in [1.54, 1.807) is 16.8 Å². The number of aromatic nitrogens is 3. The van der Waals surface area contributed by atoms with Crippen molar-refractivity contribution in [3.05, 3.63) is 23.4 Å². The van der Waals surface area contributed by atoms with Crippen LogP contribution in [0.25, 0.3) is 11.7 Å². The molecule has 184 valence electrons. The molecular weight excluding hydrogens is 444 g/mol. The molecule has 0 aromatic carbocycles. The van der Waals surface area contributed by atoms with Crippen molar-refractivity contribution in [1.82, 2.24) is 19.9 Å². The van der Waals surface area contributed by atoms with Gasteiger partial charge in [0, 0.05) is 42.1 Å². The zero-order chi connectivity index (χ0) is 23.9. The summed E-state index contributed by atoms with van der Waals surface area (Å²) in [5.74, 6) is 2.65. The van der Waals surface area contributed by atoms with E-state index in [1.807, 2.05) is 6.07 Å². The van der Waals surface area contributed by atoms with Crippen molar-refractivity contribution in [2.75, 3.05) is 10.6 Å². The summed E-state index contributed by atoms with van der Waals surface area (Å²) in [7, 11) is 0. The highest BCUT2D eigenvalue weighted by Gasteiger charge is 2.29. The van der Waals surface area contributed by atoms with Crippen LogP contribution in [0.2, 0.25) is 0 Å². The summed E-state index contributed by atoms with van der Waals surface area (Å²) < 4.78 is 1.77. The third kappa shape index (κ3) is 5.23.